The lowest BCUT2D eigenvalue weighted by atomic mass is 9.68. The summed E-state index contributed by atoms with van der Waals surface area (Å²) < 4.78 is 11.6. The monoisotopic (exact) mass is 288 g/mol. The number of aliphatic hydroxyl groups excluding tert-OH is 1. The molecule has 1 N–H and O–H groups in total. The predicted molar refractivity (Wildman–Crippen MR) is 80.4 cm³/mol. The molecule has 1 spiro atoms. The smallest absolute Gasteiger partial charge is 0.0730 e. The van der Waals surface area contributed by atoms with Crippen molar-refractivity contribution < 1.29 is 14.6 Å². The summed E-state index contributed by atoms with van der Waals surface area (Å²) in [4.78, 5) is 0. The van der Waals surface area contributed by atoms with E-state index < -0.39 is 0 Å². The molecule has 2 heterocycles. The highest BCUT2D eigenvalue weighted by molar-refractivity contribution is 5.41. The van der Waals surface area contributed by atoms with Crippen LogP contribution in [0.15, 0.2) is 24.3 Å². The molecular weight excluding hydrogens is 264 g/mol. The third-order valence-corrected chi connectivity index (χ3v) is 5.72. The van der Waals surface area contributed by atoms with Crippen LogP contribution in [0.3, 0.4) is 0 Å². The van der Waals surface area contributed by atoms with E-state index in [1.54, 1.807) is 0 Å². The van der Waals surface area contributed by atoms with Crippen LogP contribution in [0.4, 0.5) is 0 Å². The zero-order valence-electron chi connectivity index (χ0n) is 12.5. The Morgan fingerprint density at radius 3 is 2.76 bits per heavy atom. The van der Waals surface area contributed by atoms with E-state index in [4.69, 9.17) is 9.47 Å². The third-order valence-electron chi connectivity index (χ3n) is 5.72. The molecule has 2 aliphatic heterocycles. The van der Waals surface area contributed by atoms with Crippen molar-refractivity contribution in [1.29, 1.82) is 0 Å². The number of hydrogen-bond donors (Lipinski definition) is 1. The maximum Gasteiger partial charge on any atom is 0.0730 e. The Morgan fingerprint density at radius 2 is 1.95 bits per heavy atom. The number of hydrogen-bond acceptors (Lipinski definition) is 3. The molecule has 3 heteroatoms. The van der Waals surface area contributed by atoms with Gasteiger partial charge in [-0.15, -0.1) is 0 Å². The molecule has 3 nitrogen and oxygen atoms in total. The second kappa shape index (κ2) is 5.38. The normalized spacial score (nSPS) is 32.2. The van der Waals surface area contributed by atoms with E-state index in [1.165, 1.54) is 11.1 Å². The number of aliphatic hydroxyl groups is 1. The van der Waals surface area contributed by atoms with Gasteiger partial charge < -0.3 is 14.6 Å². The van der Waals surface area contributed by atoms with Gasteiger partial charge >= 0.3 is 0 Å². The lowest BCUT2D eigenvalue weighted by molar-refractivity contribution is -0.160. The Morgan fingerprint density at radius 1 is 1.14 bits per heavy atom. The van der Waals surface area contributed by atoms with E-state index in [0.717, 1.165) is 51.9 Å². The fraction of sp³-hybridized carbons (Fsp3) is 0.667. The topological polar surface area (TPSA) is 38.7 Å². The van der Waals surface area contributed by atoms with Gasteiger partial charge in [0.1, 0.15) is 0 Å². The summed E-state index contributed by atoms with van der Waals surface area (Å²) >= 11 is 0. The maximum absolute atomic E-state index is 10.9. The van der Waals surface area contributed by atoms with Crippen LogP contribution in [0.5, 0.6) is 0 Å². The summed E-state index contributed by atoms with van der Waals surface area (Å²) in [5.74, 6) is 0.705. The van der Waals surface area contributed by atoms with Gasteiger partial charge in [0.15, 0.2) is 0 Å². The molecule has 1 aromatic carbocycles. The molecule has 4 rings (SSSR count). The molecule has 0 aromatic heterocycles. The van der Waals surface area contributed by atoms with Crippen molar-refractivity contribution in [2.24, 2.45) is 5.92 Å². The van der Waals surface area contributed by atoms with Crippen molar-refractivity contribution in [1.82, 2.24) is 0 Å². The Balaban J connectivity index is 1.46. The Kier molecular flexibility index (Phi) is 3.52. The summed E-state index contributed by atoms with van der Waals surface area (Å²) in [7, 11) is 0. The van der Waals surface area contributed by atoms with Crippen LogP contribution < -0.4 is 0 Å². The van der Waals surface area contributed by atoms with Crippen molar-refractivity contribution in [2.45, 2.75) is 49.7 Å². The van der Waals surface area contributed by atoms with E-state index in [0.29, 0.717) is 11.8 Å². The Hall–Kier alpha value is -0.900. The molecule has 3 aliphatic rings. The first-order valence-corrected chi connectivity index (χ1v) is 8.25. The van der Waals surface area contributed by atoms with Crippen LogP contribution >= 0.6 is 0 Å². The summed E-state index contributed by atoms with van der Waals surface area (Å²) in [6.45, 7) is 2.39. The van der Waals surface area contributed by atoms with E-state index in [-0.39, 0.29) is 11.7 Å². The third kappa shape index (κ3) is 2.41. The van der Waals surface area contributed by atoms with Crippen LogP contribution in [-0.2, 0) is 15.9 Å². The van der Waals surface area contributed by atoms with Crippen molar-refractivity contribution in [2.75, 3.05) is 19.8 Å². The van der Waals surface area contributed by atoms with Gasteiger partial charge in [0.05, 0.1) is 11.7 Å². The highest BCUT2D eigenvalue weighted by Crippen LogP contribution is 2.45. The number of ether oxygens (including phenoxy) is 2. The van der Waals surface area contributed by atoms with E-state index in [1.807, 2.05) is 0 Å². The zero-order chi connectivity index (χ0) is 14.3. The van der Waals surface area contributed by atoms with Crippen molar-refractivity contribution in [3.8, 4) is 0 Å². The quantitative estimate of drug-likeness (QED) is 0.909. The minimum absolute atomic E-state index is 0.0224. The first-order chi connectivity index (χ1) is 10.3. The zero-order valence-corrected chi connectivity index (χ0v) is 12.5. The SMILES string of the molecule is OC(C1CCOC2(CCOCC2)C1)C1Cc2ccccc21. The minimum Gasteiger partial charge on any atom is -0.392 e. The standard InChI is InChI=1S/C18H24O3/c19-17(16-11-13-3-1-2-4-15(13)16)14-5-8-21-18(12-14)6-9-20-10-7-18/h1-4,14,16-17,19H,5-12H2. The number of fused-ring (bicyclic) bond motifs is 1. The first kappa shape index (κ1) is 13.7. The molecule has 2 saturated heterocycles. The van der Waals surface area contributed by atoms with Gasteiger partial charge in [0.25, 0.3) is 0 Å². The molecule has 0 saturated carbocycles. The van der Waals surface area contributed by atoms with Crippen molar-refractivity contribution >= 4 is 0 Å². The average Bonchev–Trinajstić information content (AvgIpc) is 2.49. The molecule has 2 fully saturated rings. The van der Waals surface area contributed by atoms with Crippen molar-refractivity contribution in [3.63, 3.8) is 0 Å². The lowest BCUT2D eigenvalue weighted by Gasteiger charge is -2.46. The highest BCUT2D eigenvalue weighted by Gasteiger charge is 2.44. The van der Waals surface area contributed by atoms with Crippen LogP contribution in [0.1, 0.15) is 42.7 Å². The molecule has 21 heavy (non-hydrogen) atoms. The van der Waals surface area contributed by atoms with Gasteiger partial charge in [-0.3, -0.25) is 0 Å². The summed E-state index contributed by atoms with van der Waals surface area (Å²) in [6.07, 6.45) is 4.77. The number of rotatable bonds is 2. The fourth-order valence-electron chi connectivity index (χ4n) is 4.38. The summed E-state index contributed by atoms with van der Waals surface area (Å²) in [5.41, 5.74) is 2.75. The van der Waals surface area contributed by atoms with E-state index in [9.17, 15) is 5.11 Å². The van der Waals surface area contributed by atoms with Gasteiger partial charge in [-0.2, -0.15) is 0 Å². The molecule has 1 aliphatic carbocycles. The molecule has 0 radical (unpaired) electrons. The van der Waals surface area contributed by atoms with Gasteiger partial charge in [-0.25, -0.2) is 0 Å². The number of benzene rings is 1. The molecule has 3 unspecified atom stereocenters. The van der Waals surface area contributed by atoms with Gasteiger partial charge in [-0.1, -0.05) is 24.3 Å². The average molecular weight is 288 g/mol. The molecule has 114 valence electrons. The molecule has 0 amide bonds. The summed E-state index contributed by atoms with van der Waals surface area (Å²) in [6, 6.07) is 8.54. The minimum atomic E-state index is -0.219. The van der Waals surface area contributed by atoms with Gasteiger partial charge in [0, 0.05) is 25.7 Å². The van der Waals surface area contributed by atoms with E-state index >= 15 is 0 Å². The largest absolute Gasteiger partial charge is 0.392 e. The van der Waals surface area contributed by atoms with Crippen molar-refractivity contribution in [3.05, 3.63) is 35.4 Å². The first-order valence-electron chi connectivity index (χ1n) is 8.25. The molecular formula is C18H24O3. The molecule has 1 aromatic rings. The van der Waals surface area contributed by atoms with Crippen LogP contribution in [0.2, 0.25) is 0 Å². The van der Waals surface area contributed by atoms with Crippen LogP contribution in [0.25, 0.3) is 0 Å². The lowest BCUT2D eigenvalue weighted by Crippen LogP contribution is -2.48. The second-order valence-corrected chi connectivity index (χ2v) is 6.90. The van der Waals surface area contributed by atoms with E-state index in [2.05, 4.69) is 24.3 Å². The molecule has 3 atom stereocenters. The molecule has 0 bridgehead atoms. The van der Waals surface area contributed by atoms with Gasteiger partial charge in [0.2, 0.25) is 0 Å². The fourth-order valence-corrected chi connectivity index (χ4v) is 4.38. The Bertz CT molecular complexity index is 501. The van der Waals surface area contributed by atoms with Gasteiger partial charge in [-0.05, 0) is 49.1 Å². The summed E-state index contributed by atoms with van der Waals surface area (Å²) in [5, 5.41) is 10.9. The Labute approximate surface area is 126 Å². The highest BCUT2D eigenvalue weighted by atomic mass is 16.5. The predicted octanol–water partition coefficient (Wildman–Crippen LogP) is 2.66. The van der Waals surface area contributed by atoms with Crippen LogP contribution in [0, 0.1) is 5.92 Å². The second-order valence-electron chi connectivity index (χ2n) is 6.90. The maximum atomic E-state index is 10.9. The van der Waals surface area contributed by atoms with Crippen LogP contribution in [-0.4, -0.2) is 36.6 Å².